The van der Waals surface area contributed by atoms with E-state index in [1.807, 2.05) is 6.07 Å². The lowest BCUT2D eigenvalue weighted by Crippen LogP contribution is -2.30. The first kappa shape index (κ1) is 16.5. The summed E-state index contributed by atoms with van der Waals surface area (Å²) >= 11 is 0. The first-order chi connectivity index (χ1) is 13.2. The molecule has 5 rings (SSSR count). The molecule has 0 aliphatic carbocycles. The molecule has 1 aromatic carbocycles. The average Bonchev–Trinajstić information content (AvgIpc) is 2.95. The lowest BCUT2D eigenvalue weighted by atomic mass is 10.1. The lowest BCUT2D eigenvalue weighted by molar-refractivity contribution is 0.360. The number of benzene rings is 1. The Bertz CT molecular complexity index is 1130. The van der Waals surface area contributed by atoms with E-state index in [0.717, 1.165) is 60.7 Å². The van der Waals surface area contributed by atoms with Crippen LogP contribution in [-0.4, -0.2) is 52.5 Å². The molecule has 0 spiro atoms. The Morgan fingerprint density at radius 3 is 2.74 bits per heavy atom. The van der Waals surface area contributed by atoms with Crippen LogP contribution in [0, 0.1) is 0 Å². The smallest absolute Gasteiger partial charge is 0.148 e. The fraction of sp³-hybridized carbons (Fsp3) is 0.364. The third-order valence-corrected chi connectivity index (χ3v) is 5.70. The van der Waals surface area contributed by atoms with Gasteiger partial charge in [0.25, 0.3) is 0 Å². The zero-order valence-corrected chi connectivity index (χ0v) is 16.0. The van der Waals surface area contributed by atoms with E-state index in [-0.39, 0.29) is 0 Å². The molecule has 3 aromatic heterocycles. The van der Waals surface area contributed by atoms with E-state index < -0.39 is 0 Å². The number of hydrogen-bond donors (Lipinski definition) is 0. The van der Waals surface area contributed by atoms with Gasteiger partial charge in [-0.05, 0) is 62.3 Å². The summed E-state index contributed by atoms with van der Waals surface area (Å²) in [4.78, 5) is 14.9. The maximum absolute atomic E-state index is 5.22. The minimum absolute atomic E-state index is 0.960. The number of rotatable bonds is 2. The normalized spacial score (nSPS) is 16.4. The number of para-hydroxylation sites is 2. The summed E-state index contributed by atoms with van der Waals surface area (Å²) in [6.45, 7) is 6.56. The molecule has 5 heteroatoms. The molecule has 0 unspecified atom stereocenters. The van der Waals surface area contributed by atoms with Crippen molar-refractivity contribution in [1.29, 1.82) is 0 Å². The van der Waals surface area contributed by atoms with Crippen LogP contribution in [0.1, 0.15) is 18.9 Å². The predicted molar refractivity (Wildman–Crippen MR) is 112 cm³/mol. The third-order valence-electron chi connectivity index (χ3n) is 5.70. The quantitative estimate of drug-likeness (QED) is 0.546. The van der Waals surface area contributed by atoms with Crippen molar-refractivity contribution in [2.24, 2.45) is 0 Å². The van der Waals surface area contributed by atoms with E-state index in [9.17, 15) is 0 Å². The number of fused-ring (bicyclic) bond motifs is 5. The second-order valence-electron chi connectivity index (χ2n) is 7.51. The monoisotopic (exact) mass is 359 g/mol. The van der Waals surface area contributed by atoms with Crippen LogP contribution >= 0.6 is 0 Å². The van der Waals surface area contributed by atoms with Gasteiger partial charge in [0.15, 0.2) is 0 Å². The first-order valence-electron chi connectivity index (χ1n) is 9.88. The number of hydrogen-bond acceptors (Lipinski definition) is 4. The molecular weight excluding hydrogens is 334 g/mol. The molecule has 0 radical (unpaired) electrons. The molecule has 1 fully saturated rings. The zero-order chi connectivity index (χ0) is 18.4. The van der Waals surface area contributed by atoms with Crippen molar-refractivity contribution in [3.63, 3.8) is 0 Å². The Balaban J connectivity index is 1.76. The van der Waals surface area contributed by atoms with E-state index in [2.05, 4.69) is 64.6 Å². The van der Waals surface area contributed by atoms with Crippen LogP contribution in [0.3, 0.4) is 0 Å². The Morgan fingerprint density at radius 1 is 0.963 bits per heavy atom. The van der Waals surface area contributed by atoms with Gasteiger partial charge in [-0.1, -0.05) is 19.1 Å². The van der Waals surface area contributed by atoms with Gasteiger partial charge < -0.3 is 9.80 Å². The van der Waals surface area contributed by atoms with E-state index in [1.165, 1.54) is 17.4 Å². The third kappa shape index (κ3) is 2.73. The van der Waals surface area contributed by atoms with E-state index in [4.69, 9.17) is 9.97 Å². The number of anilines is 1. The summed E-state index contributed by atoms with van der Waals surface area (Å²) in [5, 5.41) is 1.18. The van der Waals surface area contributed by atoms with E-state index >= 15 is 0 Å². The van der Waals surface area contributed by atoms with Gasteiger partial charge in [-0.3, -0.25) is 4.40 Å². The van der Waals surface area contributed by atoms with Crippen LogP contribution in [-0.2, 0) is 6.42 Å². The fourth-order valence-corrected chi connectivity index (χ4v) is 4.19. The molecule has 1 aliphatic rings. The van der Waals surface area contributed by atoms with Gasteiger partial charge in [0.1, 0.15) is 17.1 Å². The maximum Gasteiger partial charge on any atom is 0.148 e. The minimum Gasteiger partial charge on any atom is -0.355 e. The molecule has 4 aromatic rings. The zero-order valence-electron chi connectivity index (χ0n) is 16.0. The van der Waals surface area contributed by atoms with Gasteiger partial charge in [0.2, 0.25) is 0 Å². The molecule has 0 N–H and O–H groups in total. The van der Waals surface area contributed by atoms with Crippen LogP contribution in [0.5, 0.6) is 0 Å². The molecule has 0 bridgehead atoms. The second-order valence-corrected chi connectivity index (χ2v) is 7.51. The largest absolute Gasteiger partial charge is 0.355 e. The Morgan fingerprint density at radius 2 is 1.85 bits per heavy atom. The lowest BCUT2D eigenvalue weighted by Gasteiger charge is -2.24. The van der Waals surface area contributed by atoms with Crippen molar-refractivity contribution in [3.05, 3.63) is 48.0 Å². The molecule has 4 heterocycles. The molecule has 138 valence electrons. The van der Waals surface area contributed by atoms with Gasteiger partial charge in [-0.25, -0.2) is 9.97 Å². The Labute approximate surface area is 159 Å². The molecule has 0 atom stereocenters. The highest BCUT2D eigenvalue weighted by molar-refractivity contribution is 5.89. The number of aryl methyl sites for hydroxylation is 1. The van der Waals surface area contributed by atoms with Gasteiger partial charge >= 0.3 is 0 Å². The van der Waals surface area contributed by atoms with Crippen LogP contribution in [0.2, 0.25) is 0 Å². The highest BCUT2D eigenvalue weighted by Crippen LogP contribution is 2.28. The summed E-state index contributed by atoms with van der Waals surface area (Å²) in [5.41, 5.74) is 5.43. The molecule has 1 saturated heterocycles. The summed E-state index contributed by atoms with van der Waals surface area (Å²) in [5.74, 6) is 1.14. The number of likely N-dealkylation sites (N-methyl/N-ethyl adjacent to an activating group) is 1. The Kier molecular flexibility index (Phi) is 3.97. The van der Waals surface area contributed by atoms with Crippen LogP contribution in [0.15, 0.2) is 42.5 Å². The highest BCUT2D eigenvalue weighted by Gasteiger charge is 2.18. The van der Waals surface area contributed by atoms with Crippen LogP contribution in [0.25, 0.3) is 27.7 Å². The van der Waals surface area contributed by atoms with Gasteiger partial charge in [-0.2, -0.15) is 0 Å². The van der Waals surface area contributed by atoms with Crippen molar-refractivity contribution in [2.75, 3.05) is 38.1 Å². The van der Waals surface area contributed by atoms with Gasteiger partial charge in [0.05, 0.1) is 11.0 Å². The van der Waals surface area contributed by atoms with Crippen molar-refractivity contribution < 1.29 is 0 Å². The second kappa shape index (κ2) is 6.50. The summed E-state index contributed by atoms with van der Waals surface area (Å²) in [6, 6.07) is 14.9. The van der Waals surface area contributed by atoms with Gasteiger partial charge in [-0.15, -0.1) is 0 Å². The standard InChI is InChI=1S/C22H25N5/c1-3-16-15-17-9-10-20-23-18-7-4-5-8-19(18)27(20)22(17)24-21(16)26-12-6-11-25(2)13-14-26/h4-5,7-10,15H,3,6,11-14H2,1-2H3. The van der Waals surface area contributed by atoms with Crippen LogP contribution in [0.4, 0.5) is 5.82 Å². The van der Waals surface area contributed by atoms with E-state index in [0.29, 0.717) is 0 Å². The molecule has 27 heavy (non-hydrogen) atoms. The summed E-state index contributed by atoms with van der Waals surface area (Å²) in [6.07, 6.45) is 2.17. The SMILES string of the molecule is CCc1cc2ccc3nc4ccccc4n3c2nc1N1CCCN(C)CC1. The average molecular weight is 359 g/mol. The minimum atomic E-state index is 0.960. The molecule has 0 saturated carbocycles. The number of aromatic nitrogens is 3. The maximum atomic E-state index is 5.22. The molecule has 0 amide bonds. The summed E-state index contributed by atoms with van der Waals surface area (Å²) < 4.78 is 2.21. The highest BCUT2D eigenvalue weighted by atomic mass is 15.2. The number of nitrogens with zero attached hydrogens (tertiary/aromatic N) is 5. The molecule has 5 nitrogen and oxygen atoms in total. The van der Waals surface area contributed by atoms with Crippen molar-refractivity contribution >= 4 is 33.5 Å². The van der Waals surface area contributed by atoms with Crippen LogP contribution < -0.4 is 4.90 Å². The van der Waals surface area contributed by atoms with Crippen molar-refractivity contribution in [2.45, 2.75) is 19.8 Å². The predicted octanol–water partition coefficient (Wildman–Crippen LogP) is 3.74. The number of pyridine rings is 2. The Hall–Kier alpha value is -2.66. The fourth-order valence-electron chi connectivity index (χ4n) is 4.19. The summed E-state index contributed by atoms with van der Waals surface area (Å²) in [7, 11) is 2.21. The first-order valence-corrected chi connectivity index (χ1v) is 9.88. The van der Waals surface area contributed by atoms with Crippen molar-refractivity contribution in [3.8, 4) is 0 Å². The van der Waals surface area contributed by atoms with E-state index in [1.54, 1.807) is 0 Å². The van der Waals surface area contributed by atoms with Gasteiger partial charge in [0, 0.05) is 25.0 Å². The topological polar surface area (TPSA) is 36.7 Å². The number of imidazole rings is 1. The molecule has 1 aliphatic heterocycles. The van der Waals surface area contributed by atoms with Crippen molar-refractivity contribution in [1.82, 2.24) is 19.3 Å². The molecular formula is C22H25N5.